The van der Waals surface area contributed by atoms with Crippen molar-refractivity contribution in [2.45, 2.75) is 33.8 Å². The predicted octanol–water partition coefficient (Wildman–Crippen LogP) is 3.57. The quantitative estimate of drug-likeness (QED) is 0.791. The second kappa shape index (κ2) is 8.39. The summed E-state index contributed by atoms with van der Waals surface area (Å²) in [6.07, 6.45) is -0.548. The van der Waals surface area contributed by atoms with Gasteiger partial charge in [-0.05, 0) is 57.0 Å². The summed E-state index contributed by atoms with van der Waals surface area (Å²) >= 11 is 0. The van der Waals surface area contributed by atoms with E-state index in [1.807, 2.05) is 57.2 Å². The van der Waals surface area contributed by atoms with E-state index < -0.39 is 6.10 Å². The van der Waals surface area contributed by atoms with E-state index in [0.29, 0.717) is 18.9 Å². The van der Waals surface area contributed by atoms with Crippen molar-refractivity contribution >= 4 is 5.91 Å². The molecule has 0 fully saturated rings. The molecule has 0 saturated carbocycles. The third-order valence-electron chi connectivity index (χ3n) is 3.66. The van der Waals surface area contributed by atoms with Crippen LogP contribution < -0.4 is 14.8 Å². The molecule has 0 aliphatic rings. The van der Waals surface area contributed by atoms with Crippen molar-refractivity contribution in [2.24, 2.45) is 0 Å². The van der Waals surface area contributed by atoms with Crippen molar-refractivity contribution < 1.29 is 14.3 Å². The molecular weight excluding hydrogens is 302 g/mol. The number of carbonyl (C=O) groups excluding carboxylic acids is 1. The summed E-state index contributed by atoms with van der Waals surface area (Å²) in [6, 6.07) is 13.7. The molecule has 0 radical (unpaired) electrons. The van der Waals surface area contributed by atoms with Gasteiger partial charge in [0.1, 0.15) is 18.1 Å². The molecule has 0 aromatic heterocycles. The van der Waals surface area contributed by atoms with Gasteiger partial charge in [-0.3, -0.25) is 4.79 Å². The zero-order chi connectivity index (χ0) is 17.5. The Labute approximate surface area is 143 Å². The second-order valence-corrected chi connectivity index (χ2v) is 5.99. The van der Waals surface area contributed by atoms with Crippen molar-refractivity contribution in [3.8, 4) is 11.5 Å². The van der Waals surface area contributed by atoms with E-state index in [-0.39, 0.29) is 5.91 Å². The summed E-state index contributed by atoms with van der Waals surface area (Å²) in [7, 11) is 0. The molecule has 2 aromatic carbocycles. The molecule has 128 valence electrons. The van der Waals surface area contributed by atoms with Crippen LogP contribution in [-0.4, -0.2) is 25.2 Å². The number of aryl methyl sites for hydroxylation is 3. The van der Waals surface area contributed by atoms with Gasteiger partial charge in [-0.15, -0.1) is 0 Å². The minimum Gasteiger partial charge on any atom is -0.491 e. The third-order valence-corrected chi connectivity index (χ3v) is 3.66. The van der Waals surface area contributed by atoms with Gasteiger partial charge in [-0.25, -0.2) is 0 Å². The molecule has 0 aliphatic carbocycles. The largest absolute Gasteiger partial charge is 0.491 e. The highest BCUT2D eigenvalue weighted by atomic mass is 16.5. The maximum Gasteiger partial charge on any atom is 0.260 e. The lowest BCUT2D eigenvalue weighted by Gasteiger charge is -2.15. The van der Waals surface area contributed by atoms with Gasteiger partial charge in [0, 0.05) is 0 Å². The molecule has 0 spiro atoms. The zero-order valence-electron chi connectivity index (χ0n) is 14.8. The van der Waals surface area contributed by atoms with Gasteiger partial charge in [0.05, 0.1) is 6.54 Å². The Morgan fingerprint density at radius 1 is 1.08 bits per heavy atom. The summed E-state index contributed by atoms with van der Waals surface area (Å²) in [4.78, 5) is 12.1. The molecule has 1 N–H and O–H groups in total. The first-order valence-corrected chi connectivity index (χ1v) is 8.17. The van der Waals surface area contributed by atoms with E-state index >= 15 is 0 Å². The number of amides is 1. The Bertz CT molecular complexity index is 697. The van der Waals surface area contributed by atoms with Gasteiger partial charge >= 0.3 is 0 Å². The lowest BCUT2D eigenvalue weighted by molar-refractivity contribution is -0.127. The fraction of sp³-hybridized carbons (Fsp3) is 0.350. The van der Waals surface area contributed by atoms with Gasteiger partial charge in [0.2, 0.25) is 0 Å². The molecular formula is C20H25NO3. The van der Waals surface area contributed by atoms with Gasteiger partial charge < -0.3 is 14.8 Å². The van der Waals surface area contributed by atoms with E-state index in [1.165, 1.54) is 5.56 Å². The smallest absolute Gasteiger partial charge is 0.260 e. The maximum absolute atomic E-state index is 12.1. The number of carbonyl (C=O) groups is 1. The summed E-state index contributed by atoms with van der Waals surface area (Å²) in [5, 5.41) is 2.83. The Kier molecular flexibility index (Phi) is 6.24. The van der Waals surface area contributed by atoms with Crippen molar-refractivity contribution in [1.29, 1.82) is 0 Å². The summed E-state index contributed by atoms with van der Waals surface area (Å²) in [5.74, 6) is 1.39. The van der Waals surface area contributed by atoms with Gasteiger partial charge in [-0.1, -0.05) is 29.8 Å². The maximum atomic E-state index is 12.1. The lowest BCUT2D eigenvalue weighted by atomic mass is 10.1. The van der Waals surface area contributed by atoms with Crippen LogP contribution in [0.1, 0.15) is 23.6 Å². The molecule has 4 heteroatoms. The minimum atomic E-state index is -0.548. The third kappa shape index (κ3) is 5.30. The Morgan fingerprint density at radius 3 is 2.54 bits per heavy atom. The minimum absolute atomic E-state index is 0.152. The van der Waals surface area contributed by atoms with Gasteiger partial charge in [0.15, 0.2) is 6.10 Å². The number of hydrogen-bond donors (Lipinski definition) is 1. The van der Waals surface area contributed by atoms with Crippen molar-refractivity contribution in [3.05, 3.63) is 59.2 Å². The fourth-order valence-electron chi connectivity index (χ4n) is 2.39. The molecule has 2 rings (SSSR count). The molecule has 24 heavy (non-hydrogen) atoms. The zero-order valence-corrected chi connectivity index (χ0v) is 14.8. The lowest BCUT2D eigenvalue weighted by Crippen LogP contribution is -2.38. The molecule has 4 nitrogen and oxygen atoms in total. The van der Waals surface area contributed by atoms with Crippen LogP contribution in [0, 0.1) is 20.8 Å². The summed E-state index contributed by atoms with van der Waals surface area (Å²) in [5.41, 5.74) is 3.40. The molecule has 1 amide bonds. The highest BCUT2D eigenvalue weighted by Gasteiger charge is 2.14. The predicted molar refractivity (Wildman–Crippen MR) is 95.7 cm³/mol. The summed E-state index contributed by atoms with van der Waals surface area (Å²) < 4.78 is 11.4. The normalized spacial score (nSPS) is 11.7. The van der Waals surface area contributed by atoms with Crippen LogP contribution >= 0.6 is 0 Å². The van der Waals surface area contributed by atoms with E-state index in [2.05, 4.69) is 11.4 Å². The van der Waals surface area contributed by atoms with E-state index in [9.17, 15) is 4.79 Å². The molecule has 0 heterocycles. The van der Waals surface area contributed by atoms with Crippen molar-refractivity contribution in [2.75, 3.05) is 13.2 Å². The number of hydrogen-bond acceptors (Lipinski definition) is 3. The van der Waals surface area contributed by atoms with E-state index in [0.717, 1.165) is 16.9 Å². The number of rotatable bonds is 7. The monoisotopic (exact) mass is 327 g/mol. The van der Waals surface area contributed by atoms with Crippen LogP contribution in [0.2, 0.25) is 0 Å². The highest BCUT2D eigenvalue weighted by molar-refractivity contribution is 5.80. The van der Waals surface area contributed by atoms with Gasteiger partial charge in [-0.2, -0.15) is 0 Å². The SMILES string of the molecule is Cc1cccc(O[C@@H](C)C(=O)NCCOc2ccc(C)cc2C)c1. The molecule has 2 aromatic rings. The molecule has 1 atom stereocenters. The Morgan fingerprint density at radius 2 is 1.83 bits per heavy atom. The van der Waals surface area contributed by atoms with Crippen LogP contribution in [-0.2, 0) is 4.79 Å². The first-order valence-electron chi connectivity index (χ1n) is 8.17. The van der Waals surface area contributed by atoms with Crippen LogP contribution in [0.3, 0.4) is 0 Å². The van der Waals surface area contributed by atoms with Gasteiger partial charge in [0.25, 0.3) is 5.91 Å². The number of nitrogens with one attached hydrogen (secondary N) is 1. The van der Waals surface area contributed by atoms with E-state index in [4.69, 9.17) is 9.47 Å². The molecule has 0 unspecified atom stereocenters. The molecule has 0 saturated heterocycles. The topological polar surface area (TPSA) is 47.6 Å². The van der Waals surface area contributed by atoms with Crippen LogP contribution in [0.25, 0.3) is 0 Å². The number of benzene rings is 2. The summed E-state index contributed by atoms with van der Waals surface area (Å²) in [6.45, 7) is 8.65. The van der Waals surface area contributed by atoms with Crippen LogP contribution in [0.5, 0.6) is 11.5 Å². The van der Waals surface area contributed by atoms with Crippen molar-refractivity contribution in [3.63, 3.8) is 0 Å². The van der Waals surface area contributed by atoms with E-state index in [1.54, 1.807) is 6.92 Å². The highest BCUT2D eigenvalue weighted by Crippen LogP contribution is 2.18. The first-order chi connectivity index (χ1) is 11.5. The number of ether oxygens (including phenoxy) is 2. The van der Waals surface area contributed by atoms with Crippen molar-refractivity contribution in [1.82, 2.24) is 5.32 Å². The average molecular weight is 327 g/mol. The molecule has 0 bridgehead atoms. The standard InChI is InChI=1S/C20H25NO3/c1-14-6-5-7-18(13-14)24-17(4)20(22)21-10-11-23-19-9-8-15(2)12-16(19)3/h5-9,12-13,17H,10-11H2,1-4H3,(H,21,22)/t17-/m0/s1. The Balaban J connectivity index is 1.74. The molecule has 0 aliphatic heterocycles. The first kappa shape index (κ1) is 17.9. The average Bonchev–Trinajstić information content (AvgIpc) is 2.53. The van der Waals surface area contributed by atoms with Crippen LogP contribution in [0.4, 0.5) is 0 Å². The van der Waals surface area contributed by atoms with Crippen LogP contribution in [0.15, 0.2) is 42.5 Å². The second-order valence-electron chi connectivity index (χ2n) is 5.99. The Hall–Kier alpha value is -2.49. The fourth-order valence-corrected chi connectivity index (χ4v) is 2.39.